The highest BCUT2D eigenvalue weighted by molar-refractivity contribution is 5.22. The first kappa shape index (κ1) is 25.2. The van der Waals surface area contributed by atoms with Gasteiger partial charge in [0.05, 0.1) is 0 Å². The molecule has 0 nitrogen and oxygen atoms in total. The topological polar surface area (TPSA) is 0 Å². The number of rotatable bonds is 0. The van der Waals surface area contributed by atoms with Crippen molar-refractivity contribution in [3.63, 3.8) is 0 Å². The van der Waals surface area contributed by atoms with Crippen molar-refractivity contribution in [2.75, 3.05) is 0 Å². The molecule has 157 valence electrons. The number of allylic oxidation sites excluding steroid dienone is 22. The van der Waals surface area contributed by atoms with Gasteiger partial charge in [0.15, 0.2) is 0 Å². The highest BCUT2D eigenvalue weighted by Crippen LogP contribution is 2.09. The molecule has 0 atom stereocenters. The van der Waals surface area contributed by atoms with Gasteiger partial charge in [-0.25, -0.2) is 0 Å². The molecule has 0 spiro atoms. The Labute approximate surface area is 185 Å². The van der Waals surface area contributed by atoms with Crippen molar-refractivity contribution in [1.29, 1.82) is 0 Å². The molecule has 0 bridgehead atoms. The van der Waals surface area contributed by atoms with Crippen molar-refractivity contribution in [3.8, 4) is 0 Å². The van der Waals surface area contributed by atoms with E-state index >= 15 is 0 Å². The van der Waals surface area contributed by atoms with Gasteiger partial charge in [-0.15, -0.1) is 0 Å². The third-order valence-electron chi connectivity index (χ3n) is 4.29. The normalized spacial score (nSPS) is 29.9. The Morgan fingerprint density at radius 2 is 0.700 bits per heavy atom. The zero-order valence-corrected chi connectivity index (χ0v) is 18.3. The third kappa shape index (κ3) is 19.9. The summed E-state index contributed by atoms with van der Waals surface area (Å²) in [4.78, 5) is 0. The molecule has 0 N–H and O–H groups in total. The minimum Gasteiger partial charge on any atom is -0.0845 e. The second-order valence-electron chi connectivity index (χ2n) is 6.92. The summed E-state index contributed by atoms with van der Waals surface area (Å²) >= 11 is 0. The van der Waals surface area contributed by atoms with E-state index in [1.165, 1.54) is 44.9 Å². The van der Waals surface area contributed by atoms with Crippen LogP contribution in [-0.2, 0) is 0 Å². The molecular formula is C30H37. The standard InChI is InChI=1S/C30H37/c1-2-4-6-8-10-12-14-16-18-20-22-24-26-28-30-29-27-25-23-21-19-17-15-13-11-9-7-5-3-1/h1-21H,22,24-30H2/b3-1-,4-2-,7-5-,8-6-,11-9-,12-10-,15-13-,16-14-,19-17-,20-18-,23-21?. The minimum absolute atomic E-state index is 1.06. The van der Waals surface area contributed by atoms with Gasteiger partial charge in [0.25, 0.3) is 0 Å². The average molecular weight is 398 g/mol. The van der Waals surface area contributed by atoms with E-state index in [1.807, 2.05) is 97.2 Å². The molecule has 0 aromatic rings. The molecule has 0 saturated carbocycles. The lowest BCUT2D eigenvalue weighted by atomic mass is 10.1. The maximum atomic E-state index is 3.35. The molecule has 0 heteroatoms. The third-order valence-corrected chi connectivity index (χ3v) is 4.29. The van der Waals surface area contributed by atoms with Gasteiger partial charge in [-0.2, -0.15) is 0 Å². The van der Waals surface area contributed by atoms with Crippen LogP contribution in [-0.4, -0.2) is 0 Å². The Bertz CT molecular complexity index is 647. The molecule has 0 aliphatic heterocycles. The number of hydrogen-bond donors (Lipinski definition) is 0. The van der Waals surface area contributed by atoms with Gasteiger partial charge in [0, 0.05) is 0 Å². The van der Waals surface area contributed by atoms with E-state index in [0.29, 0.717) is 0 Å². The highest BCUT2D eigenvalue weighted by Gasteiger charge is 1.89. The summed E-state index contributed by atoms with van der Waals surface area (Å²) < 4.78 is 0. The van der Waals surface area contributed by atoms with Gasteiger partial charge in [0.2, 0.25) is 0 Å². The molecule has 1 aliphatic carbocycles. The van der Waals surface area contributed by atoms with Crippen molar-refractivity contribution in [1.82, 2.24) is 0 Å². The van der Waals surface area contributed by atoms with Crippen LogP contribution in [0.2, 0.25) is 0 Å². The maximum Gasteiger partial charge on any atom is -0.0276 e. The van der Waals surface area contributed by atoms with Gasteiger partial charge < -0.3 is 0 Å². The summed E-state index contributed by atoms with van der Waals surface area (Å²) in [6.07, 6.45) is 56.5. The molecule has 1 rings (SSSR count). The summed E-state index contributed by atoms with van der Waals surface area (Å²) in [5, 5.41) is 0. The second kappa shape index (κ2) is 22.4. The molecule has 0 saturated heterocycles. The molecule has 0 aromatic carbocycles. The first-order valence-corrected chi connectivity index (χ1v) is 11.2. The first-order valence-electron chi connectivity index (χ1n) is 11.2. The predicted octanol–water partition coefficient (Wildman–Crippen LogP) is 9.04. The number of hydrogen-bond acceptors (Lipinski definition) is 0. The fourth-order valence-corrected chi connectivity index (χ4v) is 2.67. The van der Waals surface area contributed by atoms with Crippen molar-refractivity contribution in [2.45, 2.75) is 51.4 Å². The van der Waals surface area contributed by atoms with Crippen LogP contribution in [0.15, 0.2) is 128 Å². The summed E-state index contributed by atoms with van der Waals surface area (Å²) in [7, 11) is 0. The Balaban J connectivity index is 2.47. The zero-order chi connectivity index (χ0) is 21.2. The van der Waals surface area contributed by atoms with Crippen LogP contribution in [0.5, 0.6) is 0 Å². The average Bonchev–Trinajstić information content (AvgIpc) is 2.76. The molecule has 1 aliphatic rings. The van der Waals surface area contributed by atoms with Crippen LogP contribution in [0.25, 0.3) is 0 Å². The molecule has 0 unspecified atom stereocenters. The highest BCUT2D eigenvalue weighted by atomic mass is 14.0. The summed E-state index contributed by atoms with van der Waals surface area (Å²) in [6.45, 7) is 0. The molecule has 0 heterocycles. The molecule has 0 fully saturated rings. The van der Waals surface area contributed by atoms with Gasteiger partial charge in [-0.3, -0.25) is 0 Å². The van der Waals surface area contributed by atoms with Crippen LogP contribution in [0.4, 0.5) is 0 Å². The van der Waals surface area contributed by atoms with E-state index < -0.39 is 0 Å². The Kier molecular flexibility index (Phi) is 18.8. The Morgan fingerprint density at radius 1 is 0.333 bits per heavy atom. The Hall–Kier alpha value is -2.86. The fraction of sp³-hybridized carbons (Fsp3) is 0.267. The van der Waals surface area contributed by atoms with E-state index in [4.69, 9.17) is 0 Å². The second-order valence-corrected chi connectivity index (χ2v) is 6.92. The zero-order valence-electron chi connectivity index (χ0n) is 18.3. The van der Waals surface area contributed by atoms with Crippen molar-refractivity contribution >= 4 is 0 Å². The minimum atomic E-state index is 1.06. The van der Waals surface area contributed by atoms with Crippen molar-refractivity contribution < 1.29 is 0 Å². The largest absolute Gasteiger partial charge is 0.0845 e. The molecule has 30 heavy (non-hydrogen) atoms. The predicted molar refractivity (Wildman–Crippen MR) is 136 cm³/mol. The molecule has 0 aromatic heterocycles. The molecular weight excluding hydrogens is 360 g/mol. The first-order chi connectivity index (χ1) is 15.0. The van der Waals surface area contributed by atoms with Gasteiger partial charge in [-0.05, 0) is 31.8 Å². The van der Waals surface area contributed by atoms with Crippen molar-refractivity contribution in [3.05, 3.63) is 134 Å². The summed E-state index contributed by atoms with van der Waals surface area (Å²) in [5.74, 6) is 0. The maximum absolute atomic E-state index is 3.35. The van der Waals surface area contributed by atoms with E-state index in [-0.39, 0.29) is 0 Å². The van der Waals surface area contributed by atoms with Gasteiger partial charge in [-0.1, -0.05) is 153 Å². The van der Waals surface area contributed by atoms with E-state index in [0.717, 1.165) is 6.42 Å². The summed E-state index contributed by atoms with van der Waals surface area (Å²) in [6, 6.07) is 0. The van der Waals surface area contributed by atoms with E-state index in [2.05, 4.69) is 36.5 Å². The SMILES string of the molecule is [C]1=C/C=C\C=C/C=C\C=C/C=C\C=C/C=C\C=C/C=C\C=C/CCCCCCCC\1. The lowest BCUT2D eigenvalue weighted by Gasteiger charge is -1.98. The van der Waals surface area contributed by atoms with Gasteiger partial charge >= 0.3 is 0 Å². The van der Waals surface area contributed by atoms with E-state index in [1.54, 1.807) is 0 Å². The molecule has 1 radical (unpaired) electrons. The van der Waals surface area contributed by atoms with Crippen molar-refractivity contribution in [2.24, 2.45) is 0 Å². The lowest BCUT2D eigenvalue weighted by molar-refractivity contribution is 0.598. The Morgan fingerprint density at radius 3 is 1.20 bits per heavy atom. The smallest absolute Gasteiger partial charge is 0.0276 e. The quantitative estimate of drug-likeness (QED) is 0.382. The van der Waals surface area contributed by atoms with Crippen LogP contribution in [0, 0.1) is 6.08 Å². The van der Waals surface area contributed by atoms with E-state index in [9.17, 15) is 0 Å². The molecule has 0 amide bonds. The van der Waals surface area contributed by atoms with Crippen LogP contribution in [0.3, 0.4) is 0 Å². The van der Waals surface area contributed by atoms with Gasteiger partial charge in [0.1, 0.15) is 0 Å². The monoisotopic (exact) mass is 397 g/mol. The lowest BCUT2D eigenvalue weighted by Crippen LogP contribution is -1.79. The summed E-state index contributed by atoms with van der Waals surface area (Å²) in [5.41, 5.74) is 0. The van der Waals surface area contributed by atoms with Crippen LogP contribution >= 0.6 is 0 Å². The van der Waals surface area contributed by atoms with Crippen LogP contribution < -0.4 is 0 Å². The van der Waals surface area contributed by atoms with Crippen LogP contribution in [0.1, 0.15) is 51.4 Å². The fourth-order valence-electron chi connectivity index (χ4n) is 2.67.